The number of aromatic nitrogens is 2. The molecule has 3 heterocycles. The van der Waals surface area contributed by atoms with Crippen molar-refractivity contribution >= 4 is 44.6 Å². The smallest absolute Gasteiger partial charge is 0.135 e. The summed E-state index contributed by atoms with van der Waals surface area (Å²) in [5.41, 5.74) is 14.6. The fourth-order valence-corrected chi connectivity index (χ4v) is 9.56. The largest absolute Gasteiger partial charge is 0.509 e. The van der Waals surface area contributed by atoms with Gasteiger partial charge in [0.05, 0.1) is 0 Å². The standard InChI is InChI=1S/C63H61N4O.Pt/c1-60(2,3)45-34-46(61(4,5)6)36-48(35-45)66-41-65(56-26-17-18-27-57(56)66)47-22-19-23-49(37-47)68-50-32-33-52-51-24-15-16-25-55(51)67(58(52)38-50)59-39-54(62(7,8)9)53(40-64-59)42-28-30-44(31-29-42)63(10,11)43-20-13-12-14-21-43;/h12-36,39-41H,1-11H3;/q-3;. The third-order valence-electron chi connectivity index (χ3n) is 13.7. The topological polar surface area (TPSA) is 33.5 Å². The van der Waals surface area contributed by atoms with E-state index in [1.54, 1.807) is 0 Å². The van der Waals surface area contributed by atoms with E-state index in [0.29, 0.717) is 11.5 Å². The zero-order chi connectivity index (χ0) is 47.8. The monoisotopic (exact) mass is 1080 g/mol. The predicted octanol–water partition coefficient (Wildman–Crippen LogP) is 16.9. The molecule has 0 N–H and O–H groups in total. The van der Waals surface area contributed by atoms with Gasteiger partial charge in [-0.05, 0) is 91.4 Å². The van der Waals surface area contributed by atoms with Crippen molar-refractivity contribution in [3.8, 4) is 28.4 Å². The summed E-state index contributed by atoms with van der Waals surface area (Å²) in [4.78, 5) is 9.73. The Kier molecular flexibility index (Phi) is 12.3. The molecule has 0 bridgehead atoms. The van der Waals surface area contributed by atoms with Crippen LogP contribution in [0.3, 0.4) is 0 Å². The van der Waals surface area contributed by atoms with Crippen LogP contribution in [-0.4, -0.2) is 9.55 Å². The van der Waals surface area contributed by atoms with E-state index in [1.807, 2.05) is 24.4 Å². The van der Waals surface area contributed by atoms with Gasteiger partial charge in [-0.1, -0.05) is 173 Å². The maximum atomic E-state index is 6.70. The first-order valence-electron chi connectivity index (χ1n) is 23.9. The summed E-state index contributed by atoms with van der Waals surface area (Å²) in [7, 11) is 0. The number of hydrogen-bond donors (Lipinski definition) is 0. The molecule has 6 heteroatoms. The molecule has 0 spiro atoms. The normalized spacial score (nSPS) is 13.2. The number of para-hydroxylation sites is 3. The molecule has 69 heavy (non-hydrogen) atoms. The van der Waals surface area contributed by atoms with E-state index < -0.39 is 0 Å². The van der Waals surface area contributed by atoms with Crippen molar-refractivity contribution in [2.24, 2.45) is 0 Å². The Hall–Kier alpha value is -6.42. The molecule has 1 aliphatic rings. The molecule has 352 valence electrons. The average molecular weight is 1090 g/mol. The Morgan fingerprint density at radius 1 is 0.507 bits per heavy atom. The molecule has 0 fully saturated rings. The van der Waals surface area contributed by atoms with Crippen molar-refractivity contribution in [2.75, 3.05) is 9.80 Å². The van der Waals surface area contributed by atoms with Crippen LogP contribution in [0.4, 0.5) is 22.7 Å². The van der Waals surface area contributed by atoms with Crippen molar-refractivity contribution in [1.29, 1.82) is 0 Å². The SMILES string of the molecule is CC(C)(C)c1cc(N2[CH-]N(c3[c-]c(Oc4[c-]c5c(cc4)c4ccccc4n5-c4cc(C(C)(C)C)c(-c5ccc(C(C)(C)c6ccccc6)cc5)cn4)ccc3)c3ccccc32)cc(C(C)(C)C)c1.[Pt]. The summed E-state index contributed by atoms with van der Waals surface area (Å²) in [5.74, 6) is 2.04. The number of ether oxygens (including phenoxy) is 1. The second kappa shape index (κ2) is 17.8. The van der Waals surface area contributed by atoms with E-state index in [2.05, 4.69) is 249 Å². The Morgan fingerprint density at radius 3 is 1.78 bits per heavy atom. The third-order valence-corrected chi connectivity index (χ3v) is 13.7. The van der Waals surface area contributed by atoms with Crippen molar-refractivity contribution in [2.45, 2.75) is 97.8 Å². The summed E-state index contributed by atoms with van der Waals surface area (Å²) in [6, 6.07) is 63.7. The van der Waals surface area contributed by atoms with Crippen LogP contribution in [0, 0.1) is 18.8 Å². The number of benzene rings is 7. The first kappa shape index (κ1) is 47.6. The number of pyridine rings is 1. The van der Waals surface area contributed by atoms with Crippen LogP contribution >= 0.6 is 0 Å². The van der Waals surface area contributed by atoms with Gasteiger partial charge in [-0.15, -0.1) is 48.1 Å². The van der Waals surface area contributed by atoms with Gasteiger partial charge in [-0.3, -0.25) is 0 Å². The van der Waals surface area contributed by atoms with Gasteiger partial charge in [-0.2, -0.15) is 12.1 Å². The second-order valence-electron chi connectivity index (χ2n) is 22.0. The van der Waals surface area contributed by atoms with Crippen LogP contribution in [0.15, 0.2) is 164 Å². The number of hydrogen-bond acceptors (Lipinski definition) is 4. The van der Waals surface area contributed by atoms with Crippen LogP contribution in [0.1, 0.15) is 104 Å². The van der Waals surface area contributed by atoms with Gasteiger partial charge in [-0.25, -0.2) is 4.98 Å². The fourth-order valence-electron chi connectivity index (χ4n) is 9.56. The van der Waals surface area contributed by atoms with Gasteiger partial charge < -0.3 is 19.1 Å². The summed E-state index contributed by atoms with van der Waals surface area (Å²) in [5, 5.41) is 2.22. The van der Waals surface area contributed by atoms with Crippen LogP contribution in [0.2, 0.25) is 0 Å². The molecule has 9 aromatic rings. The molecule has 2 aromatic heterocycles. The molecule has 0 saturated carbocycles. The minimum Gasteiger partial charge on any atom is -0.509 e. The maximum Gasteiger partial charge on any atom is 0.135 e. The maximum absolute atomic E-state index is 6.70. The van der Waals surface area contributed by atoms with Crippen LogP contribution in [-0.2, 0) is 42.7 Å². The second-order valence-corrected chi connectivity index (χ2v) is 22.0. The summed E-state index contributed by atoms with van der Waals surface area (Å²) < 4.78 is 8.93. The Labute approximate surface area is 424 Å². The first-order valence-corrected chi connectivity index (χ1v) is 23.9. The van der Waals surface area contributed by atoms with E-state index in [1.165, 1.54) is 27.8 Å². The molecule has 1 aliphatic heterocycles. The molecule has 0 saturated heterocycles. The van der Waals surface area contributed by atoms with Gasteiger partial charge in [0.1, 0.15) is 5.82 Å². The molecule has 5 nitrogen and oxygen atoms in total. The Balaban J connectivity index is 0.00000593. The molecule has 7 aromatic carbocycles. The van der Waals surface area contributed by atoms with Crippen LogP contribution < -0.4 is 14.5 Å². The number of nitrogens with zero attached hydrogens (tertiary/aromatic N) is 4. The van der Waals surface area contributed by atoms with Gasteiger partial charge in [0.15, 0.2) is 0 Å². The van der Waals surface area contributed by atoms with E-state index in [0.717, 1.165) is 61.5 Å². The average Bonchev–Trinajstić information content (AvgIpc) is 3.87. The molecular formula is C63H61N4OPt-3. The van der Waals surface area contributed by atoms with E-state index in [9.17, 15) is 0 Å². The van der Waals surface area contributed by atoms with E-state index in [4.69, 9.17) is 9.72 Å². The summed E-state index contributed by atoms with van der Waals surface area (Å²) in [6.07, 6.45) is 2.05. The molecule has 0 unspecified atom stereocenters. The van der Waals surface area contributed by atoms with Gasteiger partial charge in [0.2, 0.25) is 0 Å². The van der Waals surface area contributed by atoms with Gasteiger partial charge in [0, 0.05) is 72.3 Å². The third kappa shape index (κ3) is 9.03. The molecule has 0 radical (unpaired) electrons. The Morgan fingerprint density at radius 2 is 1.12 bits per heavy atom. The molecular weight excluding hydrogens is 1020 g/mol. The zero-order valence-electron chi connectivity index (χ0n) is 41.7. The zero-order valence-corrected chi connectivity index (χ0v) is 44.0. The number of fused-ring (bicyclic) bond motifs is 4. The van der Waals surface area contributed by atoms with E-state index in [-0.39, 0.29) is 42.7 Å². The van der Waals surface area contributed by atoms with Crippen molar-refractivity contribution < 1.29 is 25.8 Å². The minimum atomic E-state index is -0.164. The minimum absolute atomic E-state index is 0. The number of rotatable bonds is 8. The molecule has 0 amide bonds. The molecule has 0 atom stereocenters. The first-order chi connectivity index (χ1) is 32.3. The fraction of sp³-hybridized carbons (Fsp3) is 0.238. The van der Waals surface area contributed by atoms with Crippen molar-refractivity contribution in [3.63, 3.8) is 0 Å². The summed E-state index contributed by atoms with van der Waals surface area (Å²) in [6.45, 7) is 27.3. The van der Waals surface area contributed by atoms with Crippen LogP contribution in [0.5, 0.6) is 11.5 Å². The Bertz CT molecular complexity index is 3300. The van der Waals surface area contributed by atoms with Crippen molar-refractivity contribution in [1.82, 2.24) is 9.55 Å². The van der Waals surface area contributed by atoms with Crippen LogP contribution in [0.25, 0.3) is 38.8 Å². The number of anilines is 4. The van der Waals surface area contributed by atoms with Crippen molar-refractivity contribution in [3.05, 3.63) is 211 Å². The quantitative estimate of drug-likeness (QED) is 0.142. The van der Waals surface area contributed by atoms with Gasteiger partial charge >= 0.3 is 0 Å². The van der Waals surface area contributed by atoms with Gasteiger partial charge in [0.25, 0.3) is 0 Å². The van der Waals surface area contributed by atoms with E-state index >= 15 is 0 Å². The predicted molar refractivity (Wildman–Crippen MR) is 284 cm³/mol. The molecule has 0 aliphatic carbocycles. The molecule has 10 rings (SSSR count). The summed E-state index contributed by atoms with van der Waals surface area (Å²) >= 11 is 0.